The quantitative estimate of drug-likeness (QED) is 0.749. The molecule has 2 aliphatic rings. The topological polar surface area (TPSA) is 79.7 Å². The Morgan fingerprint density at radius 2 is 1.82 bits per heavy atom. The molecular formula is C20H22FN7. The molecule has 2 saturated heterocycles. The summed E-state index contributed by atoms with van der Waals surface area (Å²) in [6, 6.07) is 3.81. The van der Waals surface area contributed by atoms with Gasteiger partial charge >= 0.3 is 0 Å². The van der Waals surface area contributed by atoms with Crippen molar-refractivity contribution >= 4 is 16.9 Å². The van der Waals surface area contributed by atoms with Crippen LogP contribution in [0.2, 0.25) is 0 Å². The minimum absolute atomic E-state index is 0.385. The molecule has 3 aromatic rings. The average Bonchev–Trinajstić information content (AvgIpc) is 3.20. The number of hydrogen-bond donors (Lipinski definition) is 1. The smallest absolute Gasteiger partial charge is 0.131 e. The molecule has 0 spiro atoms. The minimum atomic E-state index is -0.792. The van der Waals surface area contributed by atoms with E-state index in [4.69, 9.17) is 4.98 Å². The second kappa shape index (κ2) is 7.35. The van der Waals surface area contributed by atoms with Gasteiger partial charge in [0.2, 0.25) is 0 Å². The van der Waals surface area contributed by atoms with Gasteiger partial charge in [-0.3, -0.25) is 0 Å². The maximum atomic E-state index is 13.6. The third-order valence-corrected chi connectivity index (χ3v) is 5.57. The van der Waals surface area contributed by atoms with Crippen LogP contribution in [0.15, 0.2) is 30.9 Å². The van der Waals surface area contributed by atoms with Gasteiger partial charge in [-0.1, -0.05) is 0 Å². The fraction of sp³-hybridized carbons (Fsp3) is 0.450. The van der Waals surface area contributed by atoms with Crippen LogP contribution >= 0.6 is 0 Å². The zero-order chi connectivity index (χ0) is 18.9. The van der Waals surface area contributed by atoms with Gasteiger partial charge in [-0.2, -0.15) is 0 Å². The molecule has 0 radical (unpaired) electrons. The van der Waals surface area contributed by atoms with Gasteiger partial charge in [-0.15, -0.1) is 0 Å². The normalized spacial score (nSPS) is 20.8. The third kappa shape index (κ3) is 3.28. The first-order valence-corrected chi connectivity index (χ1v) is 9.82. The number of anilines is 1. The van der Waals surface area contributed by atoms with E-state index in [9.17, 15) is 4.39 Å². The highest BCUT2D eigenvalue weighted by Crippen LogP contribution is 2.28. The summed E-state index contributed by atoms with van der Waals surface area (Å²) in [4.78, 5) is 24.7. The van der Waals surface area contributed by atoms with Crippen molar-refractivity contribution in [3.05, 3.63) is 36.7 Å². The van der Waals surface area contributed by atoms with Crippen LogP contribution in [0.1, 0.15) is 31.0 Å². The van der Waals surface area contributed by atoms with Gasteiger partial charge in [0.05, 0.1) is 12.1 Å². The zero-order valence-corrected chi connectivity index (χ0v) is 15.6. The fourth-order valence-corrected chi connectivity index (χ4v) is 3.99. The van der Waals surface area contributed by atoms with Crippen molar-refractivity contribution in [1.82, 2.24) is 30.2 Å². The van der Waals surface area contributed by atoms with Crippen molar-refractivity contribution in [1.29, 1.82) is 0 Å². The first-order chi connectivity index (χ1) is 13.8. The Balaban J connectivity index is 1.49. The lowest BCUT2D eigenvalue weighted by Crippen LogP contribution is -2.27. The number of alkyl halides is 1. The van der Waals surface area contributed by atoms with E-state index >= 15 is 0 Å². The fourth-order valence-electron chi connectivity index (χ4n) is 3.99. The van der Waals surface area contributed by atoms with Gasteiger partial charge in [0.25, 0.3) is 0 Å². The van der Waals surface area contributed by atoms with Crippen molar-refractivity contribution in [3.63, 3.8) is 0 Å². The molecule has 28 heavy (non-hydrogen) atoms. The van der Waals surface area contributed by atoms with Crippen molar-refractivity contribution in [2.45, 2.75) is 31.4 Å². The van der Waals surface area contributed by atoms with Crippen molar-refractivity contribution in [3.8, 4) is 11.3 Å². The highest BCUT2D eigenvalue weighted by atomic mass is 19.1. The molecule has 1 N–H and O–H groups in total. The predicted molar refractivity (Wildman–Crippen MR) is 105 cm³/mol. The molecule has 2 aliphatic heterocycles. The molecule has 144 valence electrons. The maximum absolute atomic E-state index is 13.6. The molecule has 0 aliphatic carbocycles. The number of fused-ring (bicyclic) bond motifs is 1. The number of halogens is 1. The Bertz CT molecular complexity index is 972. The molecule has 5 heterocycles. The van der Waals surface area contributed by atoms with E-state index in [0.717, 1.165) is 48.7 Å². The minimum Gasteiger partial charge on any atom is -0.354 e. The Morgan fingerprint density at radius 1 is 1.00 bits per heavy atom. The molecule has 2 fully saturated rings. The molecule has 1 atom stereocenters. The number of nitrogens with zero attached hydrogens (tertiary/aromatic N) is 6. The van der Waals surface area contributed by atoms with Crippen LogP contribution in [0.5, 0.6) is 0 Å². The molecule has 0 bridgehead atoms. The van der Waals surface area contributed by atoms with Crippen LogP contribution in [0.25, 0.3) is 22.3 Å². The number of rotatable bonds is 3. The monoisotopic (exact) mass is 379 g/mol. The van der Waals surface area contributed by atoms with E-state index in [-0.39, 0.29) is 0 Å². The van der Waals surface area contributed by atoms with Crippen LogP contribution < -0.4 is 10.2 Å². The molecule has 0 saturated carbocycles. The number of hydrogen-bond acceptors (Lipinski definition) is 7. The second-order valence-electron chi connectivity index (χ2n) is 7.45. The largest absolute Gasteiger partial charge is 0.354 e. The Morgan fingerprint density at radius 3 is 2.57 bits per heavy atom. The van der Waals surface area contributed by atoms with Crippen LogP contribution in [0.4, 0.5) is 10.2 Å². The summed E-state index contributed by atoms with van der Waals surface area (Å²) in [6.07, 6.45) is 7.07. The van der Waals surface area contributed by atoms with Gasteiger partial charge < -0.3 is 10.2 Å². The first kappa shape index (κ1) is 17.4. The average molecular weight is 379 g/mol. The van der Waals surface area contributed by atoms with E-state index < -0.39 is 6.17 Å². The lowest BCUT2D eigenvalue weighted by Gasteiger charge is -2.21. The van der Waals surface area contributed by atoms with Gasteiger partial charge in [0, 0.05) is 30.4 Å². The second-order valence-corrected chi connectivity index (χ2v) is 7.45. The van der Waals surface area contributed by atoms with E-state index in [1.807, 2.05) is 29.4 Å². The summed E-state index contributed by atoms with van der Waals surface area (Å²) in [5.41, 5.74) is 2.98. The summed E-state index contributed by atoms with van der Waals surface area (Å²) >= 11 is 0. The van der Waals surface area contributed by atoms with Gasteiger partial charge in [-0.05, 0) is 44.5 Å². The van der Waals surface area contributed by atoms with Crippen LogP contribution in [0, 0.1) is 0 Å². The first-order valence-electron chi connectivity index (χ1n) is 9.82. The molecular weight excluding hydrogens is 357 g/mol. The standard InChI is InChI=1S/C20H22FN7/c21-15-5-8-28(11-15)17-2-1-16-19(27-17)18(26-12-25-16)14-9-23-20(24-10-14)13-3-6-22-7-4-13/h1-2,9-10,12-13,15,22H,3-8,11H2. The van der Waals surface area contributed by atoms with E-state index in [1.54, 1.807) is 0 Å². The number of pyridine rings is 1. The van der Waals surface area contributed by atoms with Crippen LogP contribution in [-0.4, -0.2) is 57.3 Å². The molecule has 3 aromatic heterocycles. The van der Waals surface area contributed by atoms with Crippen molar-refractivity contribution in [2.75, 3.05) is 31.1 Å². The van der Waals surface area contributed by atoms with Gasteiger partial charge in [-0.25, -0.2) is 29.3 Å². The number of nitrogens with one attached hydrogen (secondary N) is 1. The molecule has 8 heteroatoms. The zero-order valence-electron chi connectivity index (χ0n) is 15.6. The molecule has 5 rings (SSSR count). The Kier molecular flexibility index (Phi) is 4.56. The molecule has 0 aromatic carbocycles. The van der Waals surface area contributed by atoms with Gasteiger partial charge in [0.15, 0.2) is 0 Å². The van der Waals surface area contributed by atoms with Crippen molar-refractivity contribution in [2.24, 2.45) is 0 Å². The molecule has 0 amide bonds. The predicted octanol–water partition coefficient (Wildman–Crippen LogP) is 2.50. The van der Waals surface area contributed by atoms with Crippen LogP contribution in [0.3, 0.4) is 0 Å². The highest BCUT2D eigenvalue weighted by Gasteiger charge is 2.23. The summed E-state index contributed by atoms with van der Waals surface area (Å²) in [6.45, 7) is 3.08. The lowest BCUT2D eigenvalue weighted by atomic mass is 9.97. The molecule has 7 nitrogen and oxygen atoms in total. The SMILES string of the molecule is FC1CCN(c2ccc3ncnc(-c4cnc(C5CCNCC5)nc4)c3n2)C1. The van der Waals surface area contributed by atoms with E-state index in [1.165, 1.54) is 6.33 Å². The number of piperidine rings is 1. The third-order valence-electron chi connectivity index (χ3n) is 5.57. The summed E-state index contributed by atoms with van der Waals surface area (Å²) < 4.78 is 13.6. The highest BCUT2D eigenvalue weighted by molar-refractivity contribution is 5.89. The van der Waals surface area contributed by atoms with Crippen LogP contribution in [-0.2, 0) is 0 Å². The van der Waals surface area contributed by atoms with E-state index in [2.05, 4.69) is 25.3 Å². The maximum Gasteiger partial charge on any atom is 0.131 e. The molecule has 1 unspecified atom stereocenters. The van der Waals surface area contributed by atoms with Crippen molar-refractivity contribution < 1.29 is 4.39 Å². The Labute approximate surface area is 162 Å². The summed E-state index contributed by atoms with van der Waals surface area (Å²) in [7, 11) is 0. The summed E-state index contributed by atoms with van der Waals surface area (Å²) in [5, 5.41) is 3.36. The summed E-state index contributed by atoms with van der Waals surface area (Å²) in [5.74, 6) is 2.06. The Hall–Kier alpha value is -2.74. The van der Waals surface area contributed by atoms with Gasteiger partial charge in [0.1, 0.15) is 35.4 Å². The van der Waals surface area contributed by atoms with E-state index in [0.29, 0.717) is 36.6 Å². The lowest BCUT2D eigenvalue weighted by molar-refractivity contribution is 0.364. The number of aromatic nitrogens is 5.